The lowest BCUT2D eigenvalue weighted by Gasteiger charge is -2.29. The Labute approximate surface area is 184 Å². The highest BCUT2D eigenvalue weighted by molar-refractivity contribution is 5.66. The van der Waals surface area contributed by atoms with Gasteiger partial charge in [0.2, 0.25) is 5.82 Å². The number of alkyl halides is 1. The first-order chi connectivity index (χ1) is 15.4. The van der Waals surface area contributed by atoms with Gasteiger partial charge in [-0.2, -0.15) is 4.39 Å². The van der Waals surface area contributed by atoms with Crippen LogP contribution in [0.1, 0.15) is 56.9 Å². The zero-order valence-corrected chi connectivity index (χ0v) is 17.9. The van der Waals surface area contributed by atoms with Crippen molar-refractivity contribution in [2.75, 3.05) is 13.3 Å². The highest BCUT2D eigenvalue weighted by Crippen LogP contribution is 2.41. The van der Waals surface area contributed by atoms with Crippen LogP contribution in [0.2, 0.25) is 0 Å². The minimum Gasteiger partial charge on any atom is -0.491 e. The molecule has 7 heteroatoms. The molecular weight excluding hydrogens is 430 g/mol. The Kier molecular flexibility index (Phi) is 8.26. The summed E-state index contributed by atoms with van der Waals surface area (Å²) in [5.41, 5.74) is -0.493. The summed E-state index contributed by atoms with van der Waals surface area (Å²) in [6, 6.07) is 5.08. The molecule has 174 valence electrons. The maximum atomic E-state index is 14.9. The number of ether oxygens (including phenoxy) is 1. The van der Waals surface area contributed by atoms with Gasteiger partial charge in [-0.3, -0.25) is 0 Å². The van der Waals surface area contributed by atoms with Crippen LogP contribution in [0.25, 0.3) is 11.1 Å². The van der Waals surface area contributed by atoms with Crippen LogP contribution in [-0.4, -0.2) is 13.3 Å². The van der Waals surface area contributed by atoms with E-state index in [0.29, 0.717) is 25.2 Å². The molecule has 32 heavy (non-hydrogen) atoms. The largest absolute Gasteiger partial charge is 0.491 e. The van der Waals surface area contributed by atoms with Crippen molar-refractivity contribution in [3.8, 4) is 16.9 Å². The van der Waals surface area contributed by atoms with Gasteiger partial charge in [-0.1, -0.05) is 18.2 Å². The van der Waals surface area contributed by atoms with E-state index in [2.05, 4.69) is 0 Å². The minimum absolute atomic E-state index is 0.140. The van der Waals surface area contributed by atoms with Crippen molar-refractivity contribution in [1.29, 1.82) is 0 Å². The maximum Gasteiger partial charge on any atom is 0.201 e. The van der Waals surface area contributed by atoms with Gasteiger partial charge >= 0.3 is 0 Å². The molecule has 0 saturated heterocycles. The average Bonchev–Trinajstić information content (AvgIpc) is 2.80. The van der Waals surface area contributed by atoms with Crippen LogP contribution in [0.5, 0.6) is 5.75 Å². The van der Waals surface area contributed by atoms with Crippen molar-refractivity contribution in [3.63, 3.8) is 0 Å². The molecule has 3 rings (SSSR count). The number of rotatable bonds is 8. The van der Waals surface area contributed by atoms with Crippen molar-refractivity contribution in [1.82, 2.24) is 0 Å². The monoisotopic (exact) mass is 456 g/mol. The van der Waals surface area contributed by atoms with E-state index in [9.17, 15) is 26.3 Å². The van der Waals surface area contributed by atoms with E-state index in [1.807, 2.05) is 0 Å². The van der Waals surface area contributed by atoms with Gasteiger partial charge in [0.1, 0.15) is 12.5 Å². The van der Waals surface area contributed by atoms with Gasteiger partial charge in [-0.05, 0) is 75.0 Å². The first kappa shape index (κ1) is 24.2. The quantitative estimate of drug-likeness (QED) is 0.364. The van der Waals surface area contributed by atoms with E-state index >= 15 is 0 Å². The molecule has 1 aliphatic rings. The van der Waals surface area contributed by atoms with E-state index < -0.39 is 35.8 Å². The van der Waals surface area contributed by atoms with Crippen LogP contribution < -0.4 is 4.74 Å². The fourth-order valence-electron chi connectivity index (χ4n) is 4.39. The molecule has 0 aliphatic heterocycles. The van der Waals surface area contributed by atoms with Crippen LogP contribution in [0.3, 0.4) is 0 Å². The molecule has 2 aromatic rings. The Bertz CT molecular complexity index is 963. The zero-order chi connectivity index (χ0) is 23.3. The lowest BCUT2D eigenvalue weighted by atomic mass is 9.77. The van der Waals surface area contributed by atoms with Crippen LogP contribution in [0.15, 0.2) is 36.2 Å². The zero-order valence-electron chi connectivity index (χ0n) is 17.9. The molecule has 1 nitrogen and oxygen atoms in total. The molecule has 0 spiro atoms. The third kappa shape index (κ3) is 5.30. The molecule has 0 atom stereocenters. The molecule has 1 saturated carbocycles. The molecule has 0 unspecified atom stereocenters. The summed E-state index contributed by atoms with van der Waals surface area (Å²) in [5.74, 6) is -5.70. The van der Waals surface area contributed by atoms with Gasteiger partial charge in [0.05, 0.1) is 6.61 Å². The van der Waals surface area contributed by atoms with Gasteiger partial charge < -0.3 is 4.74 Å². The normalized spacial score (nSPS) is 19.3. The Balaban J connectivity index is 1.73. The Morgan fingerprint density at radius 2 is 1.53 bits per heavy atom. The van der Waals surface area contributed by atoms with Gasteiger partial charge in [0, 0.05) is 11.1 Å². The minimum atomic E-state index is -1.29. The molecule has 0 radical (unpaired) electrons. The van der Waals surface area contributed by atoms with Crippen molar-refractivity contribution < 1.29 is 31.1 Å². The highest BCUT2D eigenvalue weighted by Gasteiger charge is 2.27. The molecule has 0 aromatic heterocycles. The molecule has 0 amide bonds. The fourth-order valence-corrected chi connectivity index (χ4v) is 4.39. The van der Waals surface area contributed by atoms with E-state index in [1.54, 1.807) is 6.92 Å². The summed E-state index contributed by atoms with van der Waals surface area (Å²) >= 11 is 0. The molecule has 0 heterocycles. The van der Waals surface area contributed by atoms with Crippen LogP contribution in [-0.2, 0) is 0 Å². The summed E-state index contributed by atoms with van der Waals surface area (Å²) < 4.78 is 88.4. The summed E-state index contributed by atoms with van der Waals surface area (Å²) in [4.78, 5) is 0. The van der Waals surface area contributed by atoms with Crippen molar-refractivity contribution >= 4 is 0 Å². The maximum absolute atomic E-state index is 14.9. The van der Waals surface area contributed by atoms with E-state index in [1.165, 1.54) is 30.3 Å². The molecule has 0 N–H and O–H groups in total. The first-order valence-electron chi connectivity index (χ1n) is 10.9. The SMILES string of the molecule is CCOc1ccc(-c2ccc(C3CCC(CCC=C(F)CF)CC3)c(F)c2F)c(F)c1F. The number of halogens is 6. The third-order valence-corrected chi connectivity index (χ3v) is 6.10. The fraction of sp³-hybridized carbons (Fsp3) is 0.440. The third-order valence-electron chi connectivity index (χ3n) is 6.10. The second kappa shape index (κ2) is 10.9. The van der Waals surface area contributed by atoms with Gasteiger partial charge in [-0.15, -0.1) is 0 Å². The predicted octanol–water partition coefficient (Wildman–Crippen LogP) is 8.19. The van der Waals surface area contributed by atoms with E-state index in [0.717, 1.165) is 19.3 Å². The van der Waals surface area contributed by atoms with E-state index in [4.69, 9.17) is 4.74 Å². The van der Waals surface area contributed by atoms with Crippen molar-refractivity contribution in [3.05, 3.63) is 65.0 Å². The Hall–Kier alpha value is -2.44. The van der Waals surface area contributed by atoms with Crippen LogP contribution in [0.4, 0.5) is 26.3 Å². The Morgan fingerprint density at radius 3 is 2.16 bits per heavy atom. The number of benzene rings is 2. The second-order valence-corrected chi connectivity index (χ2v) is 8.08. The molecule has 0 bridgehead atoms. The van der Waals surface area contributed by atoms with Crippen LogP contribution in [0, 0.1) is 29.2 Å². The average molecular weight is 456 g/mol. The lowest BCUT2D eigenvalue weighted by molar-refractivity contribution is 0.305. The number of allylic oxidation sites excluding steroid dienone is 2. The van der Waals surface area contributed by atoms with Crippen molar-refractivity contribution in [2.45, 2.75) is 51.4 Å². The second-order valence-electron chi connectivity index (χ2n) is 8.08. The smallest absolute Gasteiger partial charge is 0.201 e. The van der Waals surface area contributed by atoms with E-state index in [-0.39, 0.29) is 35.0 Å². The predicted molar refractivity (Wildman–Crippen MR) is 112 cm³/mol. The Morgan fingerprint density at radius 1 is 0.906 bits per heavy atom. The highest BCUT2D eigenvalue weighted by atomic mass is 19.2. The summed E-state index contributed by atoms with van der Waals surface area (Å²) in [5, 5.41) is 0. The topological polar surface area (TPSA) is 9.23 Å². The molecule has 1 fully saturated rings. The number of hydrogen-bond acceptors (Lipinski definition) is 1. The summed E-state index contributed by atoms with van der Waals surface area (Å²) in [7, 11) is 0. The molecule has 1 aliphatic carbocycles. The summed E-state index contributed by atoms with van der Waals surface area (Å²) in [6.07, 6.45) is 5.26. The van der Waals surface area contributed by atoms with Crippen LogP contribution >= 0.6 is 0 Å². The number of hydrogen-bond donors (Lipinski definition) is 0. The van der Waals surface area contributed by atoms with Gasteiger partial charge in [0.25, 0.3) is 0 Å². The van der Waals surface area contributed by atoms with Gasteiger partial charge in [-0.25, -0.2) is 22.0 Å². The summed E-state index contributed by atoms with van der Waals surface area (Å²) in [6.45, 7) is 0.664. The van der Waals surface area contributed by atoms with Gasteiger partial charge in [0.15, 0.2) is 23.2 Å². The molecular formula is C25H26F6O. The standard InChI is InChI=1S/C25H26F6O/c1-2-32-21-13-12-20(24(30)25(21)31)19-11-10-18(22(28)23(19)29)16-8-6-15(7-9-16)4-3-5-17(27)14-26/h5,10-13,15-16H,2-4,6-9,14H2,1H3. The first-order valence-corrected chi connectivity index (χ1v) is 10.9. The lowest BCUT2D eigenvalue weighted by Crippen LogP contribution is -2.15. The van der Waals surface area contributed by atoms with Crippen molar-refractivity contribution in [2.24, 2.45) is 5.92 Å². The molecule has 2 aromatic carbocycles.